The van der Waals surface area contributed by atoms with E-state index in [0.717, 1.165) is 56.6 Å². The third-order valence-electron chi connectivity index (χ3n) is 7.46. The Balaban J connectivity index is 1.56. The molecule has 1 aliphatic heterocycles. The molecule has 0 aliphatic carbocycles. The van der Waals surface area contributed by atoms with E-state index in [1.165, 1.54) is 7.11 Å². The summed E-state index contributed by atoms with van der Waals surface area (Å²) in [5.74, 6) is 1.03. The van der Waals surface area contributed by atoms with Gasteiger partial charge in [-0.05, 0) is 85.2 Å². The Morgan fingerprint density at radius 3 is 2.49 bits per heavy atom. The molecule has 2 N–H and O–H groups in total. The van der Waals surface area contributed by atoms with Crippen molar-refractivity contribution in [3.05, 3.63) is 87.6 Å². The normalized spacial score (nSPS) is 15.7. The van der Waals surface area contributed by atoms with Gasteiger partial charge in [-0.25, -0.2) is 9.79 Å². The first-order valence-corrected chi connectivity index (χ1v) is 13.2. The molecule has 198 valence electrons. The van der Waals surface area contributed by atoms with Gasteiger partial charge in [0.1, 0.15) is 17.3 Å². The second-order valence-corrected chi connectivity index (χ2v) is 10.3. The number of hydrogen-bond acceptors (Lipinski definition) is 5. The topological polar surface area (TPSA) is 90.2 Å². The van der Waals surface area contributed by atoms with Gasteiger partial charge in [-0.3, -0.25) is 4.99 Å². The molecule has 3 aromatic carbocycles. The van der Waals surface area contributed by atoms with Crippen LogP contribution < -0.4 is 5.73 Å². The second kappa shape index (κ2) is 10.5. The molecule has 0 bridgehead atoms. The minimum absolute atomic E-state index is 0.356. The molecule has 0 amide bonds. The van der Waals surface area contributed by atoms with Crippen molar-refractivity contribution < 1.29 is 13.9 Å². The minimum atomic E-state index is -0.449. The Bertz CT molecular complexity index is 1710. The molecule has 7 heteroatoms. The molecule has 0 spiro atoms. The number of nitrogens with two attached hydrogens (primary N) is 1. The second-order valence-electron chi connectivity index (χ2n) is 9.88. The molecule has 6 nitrogen and oxygen atoms in total. The van der Waals surface area contributed by atoms with E-state index in [9.17, 15) is 4.79 Å². The van der Waals surface area contributed by atoms with Crippen LogP contribution in [0.5, 0.6) is 0 Å². The number of aliphatic imine (C=N–C) groups is 2. The van der Waals surface area contributed by atoms with Crippen molar-refractivity contribution in [2.75, 3.05) is 7.11 Å². The summed E-state index contributed by atoms with van der Waals surface area (Å²) in [5, 5.41) is 1.09. The fourth-order valence-electron chi connectivity index (χ4n) is 4.97. The molecule has 1 atom stereocenters. The summed E-state index contributed by atoms with van der Waals surface area (Å²) < 4.78 is 11.0. The average Bonchev–Trinajstić information content (AvgIpc) is 3.36. The number of ether oxygens (including phenoxy) is 1. The number of nitrogens with zero attached hydrogens (tertiary/aromatic N) is 2. The number of benzene rings is 3. The van der Waals surface area contributed by atoms with Crippen LogP contribution in [0, 0.1) is 19.8 Å². The lowest BCUT2D eigenvalue weighted by Crippen LogP contribution is -2.19. The first-order chi connectivity index (χ1) is 18.7. The largest absolute Gasteiger partial charge is 0.465 e. The van der Waals surface area contributed by atoms with Crippen molar-refractivity contribution in [3.8, 4) is 22.5 Å². The van der Waals surface area contributed by atoms with Crippen LogP contribution in [0.2, 0.25) is 5.02 Å². The number of methoxy groups -OCH3 is 1. The lowest BCUT2D eigenvalue weighted by Gasteiger charge is -2.18. The van der Waals surface area contributed by atoms with Crippen LogP contribution in [0.1, 0.15) is 41.8 Å². The first-order valence-electron chi connectivity index (χ1n) is 12.8. The maximum atomic E-state index is 12.1. The highest BCUT2D eigenvalue weighted by molar-refractivity contribution is 6.35. The average molecular weight is 540 g/mol. The maximum Gasteiger partial charge on any atom is 0.337 e. The number of amidine groups is 1. The zero-order chi connectivity index (χ0) is 27.8. The van der Waals surface area contributed by atoms with Crippen molar-refractivity contribution in [1.82, 2.24) is 0 Å². The summed E-state index contributed by atoms with van der Waals surface area (Å²) in [7, 11) is 1.34. The van der Waals surface area contributed by atoms with Gasteiger partial charge in [-0.2, -0.15) is 0 Å². The standard InChI is InChI=1S/C32H30ClN3O3/c1-17-12-13-35-29(18(17)2)31(34)36-27-11-7-9-24(20(27)4)23-8-6-10-25(19(23)3)28-16-21-14-22(32(37)38-5)15-26(33)30(21)39-28/h6-11,13-17H,12H2,1-5H3,(H2,34,36)/t17-/m0/s1. The van der Waals surface area contributed by atoms with Gasteiger partial charge in [0.15, 0.2) is 5.58 Å². The summed E-state index contributed by atoms with van der Waals surface area (Å²) in [6.45, 7) is 8.36. The molecule has 0 radical (unpaired) electrons. The van der Waals surface area contributed by atoms with Crippen LogP contribution in [0.4, 0.5) is 5.69 Å². The van der Waals surface area contributed by atoms with E-state index in [4.69, 9.17) is 31.5 Å². The van der Waals surface area contributed by atoms with Gasteiger partial charge in [0.2, 0.25) is 0 Å². The number of fused-ring (bicyclic) bond motifs is 1. The summed E-state index contributed by atoms with van der Waals surface area (Å²) >= 11 is 6.45. The number of esters is 1. The highest BCUT2D eigenvalue weighted by atomic mass is 35.5. The van der Waals surface area contributed by atoms with Crippen LogP contribution in [0.3, 0.4) is 0 Å². The zero-order valence-electron chi connectivity index (χ0n) is 22.6. The third-order valence-corrected chi connectivity index (χ3v) is 7.74. The zero-order valence-corrected chi connectivity index (χ0v) is 23.4. The predicted molar refractivity (Wildman–Crippen MR) is 159 cm³/mol. The van der Waals surface area contributed by atoms with Crippen LogP contribution in [0.25, 0.3) is 33.4 Å². The highest BCUT2D eigenvalue weighted by Crippen LogP contribution is 2.39. The fraction of sp³-hybridized carbons (Fsp3) is 0.219. The fourth-order valence-corrected chi connectivity index (χ4v) is 5.24. The molecule has 4 aromatic rings. The maximum absolute atomic E-state index is 12.1. The number of hydrogen-bond donors (Lipinski definition) is 1. The molecule has 1 aromatic heterocycles. The van der Waals surface area contributed by atoms with E-state index in [2.05, 4.69) is 44.8 Å². The van der Waals surface area contributed by atoms with Crippen molar-refractivity contribution in [2.45, 2.75) is 34.1 Å². The Morgan fingerprint density at radius 2 is 1.74 bits per heavy atom. The van der Waals surface area contributed by atoms with Gasteiger partial charge in [0.25, 0.3) is 0 Å². The van der Waals surface area contributed by atoms with Gasteiger partial charge >= 0.3 is 5.97 Å². The van der Waals surface area contributed by atoms with Crippen molar-refractivity contribution >= 4 is 46.3 Å². The minimum Gasteiger partial charge on any atom is -0.465 e. The molecule has 2 heterocycles. The first kappa shape index (κ1) is 26.4. The van der Waals surface area contributed by atoms with Crippen LogP contribution in [-0.4, -0.2) is 25.1 Å². The van der Waals surface area contributed by atoms with Gasteiger partial charge in [-0.15, -0.1) is 0 Å². The van der Waals surface area contributed by atoms with Crippen molar-refractivity contribution in [2.24, 2.45) is 21.6 Å². The van der Waals surface area contributed by atoms with E-state index in [1.807, 2.05) is 36.5 Å². The van der Waals surface area contributed by atoms with Gasteiger partial charge in [-0.1, -0.05) is 48.9 Å². The summed E-state index contributed by atoms with van der Waals surface area (Å²) in [6.07, 6.45) is 2.83. The number of carbonyl (C=O) groups is 1. The van der Waals surface area contributed by atoms with Crippen LogP contribution in [0.15, 0.2) is 80.3 Å². The van der Waals surface area contributed by atoms with E-state index in [1.54, 1.807) is 12.1 Å². The number of carbonyl (C=O) groups excluding carboxylic acids is 1. The summed E-state index contributed by atoms with van der Waals surface area (Å²) in [6, 6.07) is 17.3. The number of rotatable bonds is 5. The van der Waals surface area contributed by atoms with Crippen LogP contribution >= 0.6 is 11.6 Å². The Kier molecular flexibility index (Phi) is 7.15. The molecular weight excluding hydrogens is 510 g/mol. The molecule has 0 saturated carbocycles. The van der Waals surface area contributed by atoms with E-state index >= 15 is 0 Å². The predicted octanol–water partition coefficient (Wildman–Crippen LogP) is 8.20. The van der Waals surface area contributed by atoms with E-state index < -0.39 is 5.97 Å². The third kappa shape index (κ3) is 4.88. The highest BCUT2D eigenvalue weighted by Gasteiger charge is 2.19. The van der Waals surface area contributed by atoms with Crippen molar-refractivity contribution in [1.29, 1.82) is 0 Å². The molecule has 0 saturated heterocycles. The summed E-state index contributed by atoms with van der Waals surface area (Å²) in [4.78, 5) is 21.4. The molecular formula is C32H30ClN3O3. The Hall–Kier alpha value is -4.16. The van der Waals surface area contributed by atoms with E-state index in [0.29, 0.717) is 33.7 Å². The Morgan fingerprint density at radius 1 is 1.05 bits per heavy atom. The Labute approximate surface area is 232 Å². The smallest absolute Gasteiger partial charge is 0.337 e. The number of halogens is 1. The van der Waals surface area contributed by atoms with Gasteiger partial charge < -0.3 is 14.9 Å². The van der Waals surface area contributed by atoms with Gasteiger partial charge in [0, 0.05) is 17.2 Å². The lowest BCUT2D eigenvalue weighted by atomic mass is 9.92. The molecule has 5 rings (SSSR count). The van der Waals surface area contributed by atoms with Crippen LogP contribution in [-0.2, 0) is 4.74 Å². The molecule has 1 aliphatic rings. The monoisotopic (exact) mass is 539 g/mol. The SMILES string of the molecule is COC(=O)c1cc(Cl)c2oc(-c3cccc(-c4cccc(N=C(N)C5=C(C)[C@@H](C)CC=N5)c4C)c3C)cc2c1. The van der Waals surface area contributed by atoms with Crippen molar-refractivity contribution in [3.63, 3.8) is 0 Å². The van der Waals surface area contributed by atoms with E-state index in [-0.39, 0.29) is 0 Å². The molecule has 0 fully saturated rings. The van der Waals surface area contributed by atoms with Gasteiger partial charge in [0.05, 0.1) is 23.4 Å². The molecule has 0 unspecified atom stereocenters. The molecule has 39 heavy (non-hydrogen) atoms. The lowest BCUT2D eigenvalue weighted by molar-refractivity contribution is 0.0601. The number of furan rings is 1. The number of allylic oxidation sites excluding steroid dienone is 1. The summed E-state index contributed by atoms with van der Waals surface area (Å²) in [5.41, 5.74) is 15.1. The quantitative estimate of drug-likeness (QED) is 0.157.